The molecule has 2 rings (SSSR count). The van der Waals surface area contributed by atoms with Crippen LogP contribution in [0.5, 0.6) is 0 Å². The van der Waals surface area contributed by atoms with Gasteiger partial charge in [0.05, 0.1) is 12.3 Å². The van der Waals surface area contributed by atoms with Gasteiger partial charge in [-0.2, -0.15) is 0 Å². The number of nitrogens with zero attached hydrogens (tertiary/aromatic N) is 1. The molecule has 6 heteroatoms. The van der Waals surface area contributed by atoms with Gasteiger partial charge in [-0.1, -0.05) is 60.7 Å². The maximum atomic E-state index is 12.3. The fourth-order valence-electron chi connectivity index (χ4n) is 2.93. The molecule has 2 aromatic rings. The zero-order valence-corrected chi connectivity index (χ0v) is 16.5. The van der Waals surface area contributed by atoms with Crippen molar-refractivity contribution in [1.82, 2.24) is 4.90 Å². The molecule has 0 fully saturated rings. The van der Waals surface area contributed by atoms with Gasteiger partial charge in [0.25, 0.3) is 0 Å². The molecule has 1 N–H and O–H groups in total. The second-order valence-electron chi connectivity index (χ2n) is 6.31. The van der Waals surface area contributed by atoms with Crippen LogP contribution in [-0.4, -0.2) is 43.0 Å². The fraction of sp³-hybridized carbons (Fsp3) is 0.400. The van der Waals surface area contributed by atoms with Crippen LogP contribution >= 0.6 is 7.60 Å². The Hall–Kier alpha value is -1.49. The van der Waals surface area contributed by atoms with Gasteiger partial charge in [0.15, 0.2) is 0 Å². The largest absolute Gasteiger partial charge is 0.391 e. The zero-order chi connectivity index (χ0) is 19.0. The van der Waals surface area contributed by atoms with Crippen LogP contribution < -0.4 is 0 Å². The summed E-state index contributed by atoms with van der Waals surface area (Å²) in [5, 5.41) is 10.5. The Bertz CT molecular complexity index is 687. The third kappa shape index (κ3) is 6.04. The minimum Gasteiger partial charge on any atom is -0.391 e. The number of hydrogen-bond donors (Lipinski definition) is 1. The van der Waals surface area contributed by atoms with Gasteiger partial charge in [-0.15, -0.1) is 0 Å². The number of hydrogen-bond acceptors (Lipinski definition) is 5. The average molecular weight is 377 g/mol. The quantitative estimate of drug-likeness (QED) is 0.632. The maximum absolute atomic E-state index is 12.3. The molecular weight excluding hydrogens is 349 g/mol. The maximum Gasteiger partial charge on any atom is 0.332 e. The van der Waals surface area contributed by atoms with Gasteiger partial charge in [0.1, 0.15) is 0 Å². The van der Waals surface area contributed by atoms with Gasteiger partial charge in [0.2, 0.25) is 0 Å². The van der Waals surface area contributed by atoms with Crippen LogP contribution in [0.15, 0.2) is 60.7 Å². The molecule has 26 heavy (non-hydrogen) atoms. The normalized spacial score (nSPS) is 14.3. The van der Waals surface area contributed by atoms with E-state index in [-0.39, 0.29) is 12.2 Å². The van der Waals surface area contributed by atoms with Crippen molar-refractivity contribution in [3.8, 4) is 0 Å². The first-order chi connectivity index (χ1) is 12.5. The summed E-state index contributed by atoms with van der Waals surface area (Å²) < 4.78 is 22.2. The highest BCUT2D eigenvalue weighted by Crippen LogP contribution is 2.46. The van der Waals surface area contributed by atoms with Crippen molar-refractivity contribution >= 4 is 7.60 Å². The molecule has 5 nitrogen and oxygen atoms in total. The van der Waals surface area contributed by atoms with Crippen LogP contribution in [0, 0.1) is 0 Å². The first-order valence-electron chi connectivity index (χ1n) is 8.69. The smallest absolute Gasteiger partial charge is 0.332 e. The van der Waals surface area contributed by atoms with Crippen LogP contribution in [0.3, 0.4) is 0 Å². The van der Waals surface area contributed by atoms with Gasteiger partial charge in [-0.05, 0) is 18.1 Å². The lowest BCUT2D eigenvalue weighted by Gasteiger charge is -2.32. The van der Waals surface area contributed by atoms with Crippen LogP contribution in [0.4, 0.5) is 0 Å². The molecule has 142 valence electrons. The predicted octanol–water partition coefficient (Wildman–Crippen LogP) is 4.10. The Balaban J connectivity index is 2.16. The first kappa shape index (κ1) is 20.8. The predicted molar refractivity (Wildman–Crippen MR) is 104 cm³/mol. The van der Waals surface area contributed by atoms with Crippen LogP contribution in [0.1, 0.15) is 24.1 Å². The SMILES string of the molecule is COP(=O)(C[C@H](O)CN(Cc1ccccc1)[C@@H](C)c1ccccc1)OC. The molecule has 0 saturated heterocycles. The van der Waals surface area contributed by atoms with E-state index in [1.807, 2.05) is 36.4 Å². The molecule has 0 saturated carbocycles. The van der Waals surface area contributed by atoms with Crippen molar-refractivity contribution in [2.75, 3.05) is 26.9 Å². The Morgan fingerprint density at radius 2 is 1.54 bits per heavy atom. The van der Waals surface area contributed by atoms with E-state index >= 15 is 0 Å². The summed E-state index contributed by atoms with van der Waals surface area (Å²) in [6, 6.07) is 20.3. The van der Waals surface area contributed by atoms with Crippen molar-refractivity contribution < 1.29 is 18.7 Å². The highest BCUT2D eigenvalue weighted by atomic mass is 31.2. The molecule has 0 bridgehead atoms. The van der Waals surface area contributed by atoms with Crippen molar-refractivity contribution in [2.45, 2.75) is 25.6 Å². The lowest BCUT2D eigenvalue weighted by Crippen LogP contribution is -2.36. The highest BCUT2D eigenvalue weighted by Gasteiger charge is 2.28. The van der Waals surface area contributed by atoms with Gasteiger partial charge < -0.3 is 14.2 Å². The topological polar surface area (TPSA) is 59.0 Å². The fourth-order valence-corrected chi connectivity index (χ4v) is 4.01. The zero-order valence-electron chi connectivity index (χ0n) is 15.6. The van der Waals surface area contributed by atoms with Gasteiger partial charge in [-0.3, -0.25) is 9.46 Å². The molecule has 0 aromatic heterocycles. The number of aliphatic hydroxyl groups excluding tert-OH is 1. The second kappa shape index (κ2) is 10.0. The lowest BCUT2D eigenvalue weighted by atomic mass is 10.1. The summed E-state index contributed by atoms with van der Waals surface area (Å²) in [6.45, 7) is 3.15. The second-order valence-corrected chi connectivity index (χ2v) is 8.63. The summed E-state index contributed by atoms with van der Waals surface area (Å²) in [5.41, 5.74) is 2.32. The van der Waals surface area contributed by atoms with Crippen LogP contribution in [-0.2, 0) is 20.2 Å². The van der Waals surface area contributed by atoms with E-state index in [0.717, 1.165) is 11.1 Å². The molecule has 0 amide bonds. The van der Waals surface area contributed by atoms with Crippen molar-refractivity contribution in [3.63, 3.8) is 0 Å². The Labute approximate surface area is 156 Å². The molecule has 2 atom stereocenters. The molecule has 0 aliphatic rings. The summed E-state index contributed by atoms with van der Waals surface area (Å²) in [5.74, 6) is 0. The molecule has 0 radical (unpaired) electrons. The third-order valence-electron chi connectivity index (χ3n) is 4.49. The minimum atomic E-state index is -3.25. The van der Waals surface area contributed by atoms with Gasteiger partial charge in [0, 0.05) is 33.4 Å². The molecule has 0 aliphatic heterocycles. The minimum absolute atomic E-state index is 0.0349. The van der Waals surface area contributed by atoms with E-state index in [0.29, 0.717) is 13.1 Å². The number of rotatable bonds is 10. The van der Waals surface area contributed by atoms with E-state index in [4.69, 9.17) is 9.05 Å². The lowest BCUT2D eigenvalue weighted by molar-refractivity contribution is 0.0943. The highest BCUT2D eigenvalue weighted by molar-refractivity contribution is 7.53. The monoisotopic (exact) mass is 377 g/mol. The Morgan fingerprint density at radius 1 is 1.00 bits per heavy atom. The van der Waals surface area contributed by atoms with E-state index < -0.39 is 13.7 Å². The Morgan fingerprint density at radius 3 is 2.08 bits per heavy atom. The van der Waals surface area contributed by atoms with Crippen molar-refractivity contribution in [3.05, 3.63) is 71.8 Å². The summed E-state index contributed by atoms with van der Waals surface area (Å²) in [6.07, 6.45) is -0.858. The summed E-state index contributed by atoms with van der Waals surface area (Å²) in [7, 11) is -0.578. The van der Waals surface area contributed by atoms with E-state index in [9.17, 15) is 9.67 Å². The molecule has 0 heterocycles. The number of aliphatic hydroxyl groups is 1. The average Bonchev–Trinajstić information content (AvgIpc) is 2.68. The van der Waals surface area contributed by atoms with Crippen molar-refractivity contribution in [2.24, 2.45) is 0 Å². The summed E-state index contributed by atoms with van der Waals surface area (Å²) in [4.78, 5) is 2.17. The molecule has 0 spiro atoms. The van der Waals surface area contributed by atoms with Gasteiger partial charge >= 0.3 is 7.60 Å². The van der Waals surface area contributed by atoms with Crippen LogP contribution in [0.2, 0.25) is 0 Å². The number of benzene rings is 2. The van der Waals surface area contributed by atoms with E-state index in [1.165, 1.54) is 14.2 Å². The molecular formula is C20H28NO4P. The molecule has 0 unspecified atom stereocenters. The Kier molecular flexibility index (Phi) is 8.01. The molecule has 2 aromatic carbocycles. The third-order valence-corrected chi connectivity index (χ3v) is 6.48. The standard InChI is InChI=1S/C20H28NO4P/c1-17(19-12-8-5-9-13-19)21(14-18-10-6-4-7-11-18)15-20(22)16-26(23,24-2)25-3/h4-13,17,20,22H,14-16H2,1-3H3/t17-,20+/m0/s1. The van der Waals surface area contributed by atoms with Crippen LogP contribution in [0.25, 0.3) is 0 Å². The molecule has 0 aliphatic carbocycles. The van der Waals surface area contributed by atoms with Crippen molar-refractivity contribution in [1.29, 1.82) is 0 Å². The van der Waals surface area contributed by atoms with Gasteiger partial charge in [-0.25, -0.2) is 0 Å². The van der Waals surface area contributed by atoms with E-state index in [1.54, 1.807) is 0 Å². The summed E-state index contributed by atoms with van der Waals surface area (Å²) >= 11 is 0. The van der Waals surface area contributed by atoms with E-state index in [2.05, 4.69) is 36.1 Å². The first-order valence-corrected chi connectivity index (χ1v) is 10.4.